The number of anilines is 1. The first kappa shape index (κ1) is 14.4. The highest BCUT2D eigenvalue weighted by Crippen LogP contribution is 2.30. The monoisotopic (exact) mass is 292 g/mol. The molecule has 0 aliphatic heterocycles. The summed E-state index contributed by atoms with van der Waals surface area (Å²) < 4.78 is 11.0. The predicted molar refractivity (Wildman–Crippen MR) is 78.8 cm³/mol. The van der Waals surface area contributed by atoms with Crippen LogP contribution < -0.4 is 14.8 Å². The van der Waals surface area contributed by atoms with Gasteiger partial charge in [-0.3, -0.25) is 0 Å². The van der Waals surface area contributed by atoms with E-state index in [4.69, 9.17) is 9.47 Å². The van der Waals surface area contributed by atoms with E-state index in [1.165, 1.54) is 0 Å². The Morgan fingerprint density at radius 1 is 1.15 bits per heavy atom. The summed E-state index contributed by atoms with van der Waals surface area (Å²) in [5, 5.41) is 2.85. The molecule has 0 amide bonds. The molecule has 0 aliphatic rings. The fraction of sp³-hybridized carbons (Fsp3) is 0.308. The van der Waals surface area contributed by atoms with Gasteiger partial charge in [0.25, 0.3) is 0 Å². The lowest BCUT2D eigenvalue weighted by Gasteiger charge is -2.09. The summed E-state index contributed by atoms with van der Waals surface area (Å²) >= 11 is 1.60. The van der Waals surface area contributed by atoms with E-state index in [9.17, 15) is 0 Å². The van der Waals surface area contributed by atoms with Crippen LogP contribution in [0.15, 0.2) is 29.2 Å². The second kappa shape index (κ2) is 6.95. The Morgan fingerprint density at radius 2 is 1.90 bits per heavy atom. The Kier molecular flexibility index (Phi) is 5.00. The molecule has 7 heteroatoms. The van der Waals surface area contributed by atoms with Crippen molar-refractivity contribution in [3.05, 3.63) is 24.3 Å². The number of aromatic nitrogens is 3. The van der Waals surface area contributed by atoms with E-state index in [1.807, 2.05) is 37.4 Å². The maximum Gasteiger partial charge on any atom is 0.330 e. The van der Waals surface area contributed by atoms with Crippen LogP contribution in [0.1, 0.15) is 6.92 Å². The van der Waals surface area contributed by atoms with Crippen LogP contribution in [0.25, 0.3) is 0 Å². The third kappa shape index (κ3) is 3.51. The largest absolute Gasteiger partial charge is 0.464 e. The molecule has 0 fully saturated rings. The fourth-order valence-electron chi connectivity index (χ4n) is 1.49. The quantitative estimate of drug-likeness (QED) is 0.821. The Morgan fingerprint density at radius 3 is 2.60 bits per heavy atom. The molecule has 20 heavy (non-hydrogen) atoms. The van der Waals surface area contributed by atoms with E-state index in [0.29, 0.717) is 18.3 Å². The lowest BCUT2D eigenvalue weighted by Crippen LogP contribution is -2.05. The molecule has 0 saturated carbocycles. The molecule has 1 N–H and O–H groups in total. The molecule has 0 spiro atoms. The topological polar surface area (TPSA) is 69.2 Å². The van der Waals surface area contributed by atoms with E-state index in [1.54, 1.807) is 18.8 Å². The van der Waals surface area contributed by atoms with Crippen LogP contribution in [-0.2, 0) is 0 Å². The number of hydrogen-bond acceptors (Lipinski definition) is 7. The van der Waals surface area contributed by atoms with Gasteiger partial charge < -0.3 is 14.8 Å². The van der Waals surface area contributed by atoms with Crippen molar-refractivity contribution >= 4 is 17.7 Å². The van der Waals surface area contributed by atoms with Crippen LogP contribution in [0, 0.1) is 0 Å². The van der Waals surface area contributed by atoms with Crippen molar-refractivity contribution in [2.75, 3.05) is 25.2 Å². The van der Waals surface area contributed by atoms with Crippen molar-refractivity contribution in [3.63, 3.8) is 0 Å². The molecule has 1 aromatic carbocycles. The summed E-state index contributed by atoms with van der Waals surface area (Å²) in [6.07, 6.45) is 1.99. The van der Waals surface area contributed by atoms with Crippen LogP contribution in [0.5, 0.6) is 17.8 Å². The molecule has 0 unspecified atom stereocenters. The van der Waals surface area contributed by atoms with Gasteiger partial charge in [0.2, 0.25) is 5.95 Å². The molecule has 2 rings (SSSR count). The number of hydrogen-bond donors (Lipinski definition) is 1. The van der Waals surface area contributed by atoms with Gasteiger partial charge in [0.05, 0.1) is 6.61 Å². The number of thioether (sulfide) groups is 1. The maximum absolute atomic E-state index is 5.73. The molecular formula is C13H16N4O2S. The highest BCUT2D eigenvalue weighted by molar-refractivity contribution is 7.98. The first-order valence-corrected chi connectivity index (χ1v) is 7.36. The first-order chi connectivity index (χ1) is 9.76. The molecule has 2 aromatic rings. The second-order valence-corrected chi connectivity index (χ2v) is 4.51. The SMILES string of the molecule is CCOc1nc(NC)nc(Oc2ccccc2SC)n1. The van der Waals surface area contributed by atoms with Gasteiger partial charge in [-0.25, -0.2) is 0 Å². The minimum absolute atomic E-state index is 0.203. The van der Waals surface area contributed by atoms with Crippen LogP contribution in [0.3, 0.4) is 0 Å². The van der Waals surface area contributed by atoms with E-state index in [2.05, 4.69) is 20.3 Å². The molecule has 0 aliphatic carbocycles. The normalized spacial score (nSPS) is 10.2. The zero-order chi connectivity index (χ0) is 14.4. The first-order valence-electron chi connectivity index (χ1n) is 6.14. The molecule has 106 valence electrons. The Labute approximate surface area is 122 Å². The smallest absolute Gasteiger partial charge is 0.330 e. The van der Waals surface area contributed by atoms with Gasteiger partial charge in [-0.2, -0.15) is 9.97 Å². The Hall–Kier alpha value is -2.02. The zero-order valence-electron chi connectivity index (χ0n) is 11.6. The number of nitrogens with zero attached hydrogens (tertiary/aromatic N) is 3. The Balaban J connectivity index is 2.30. The van der Waals surface area contributed by atoms with Crippen molar-refractivity contribution in [2.24, 2.45) is 0 Å². The van der Waals surface area contributed by atoms with Gasteiger partial charge >= 0.3 is 12.0 Å². The standard InChI is InChI=1S/C13H16N4O2S/c1-4-18-12-15-11(14-2)16-13(17-12)19-9-7-5-6-8-10(9)20-3/h5-8H,4H2,1-3H3,(H,14,15,16,17). The summed E-state index contributed by atoms with van der Waals surface area (Å²) in [6.45, 7) is 2.35. The van der Waals surface area contributed by atoms with Crippen LogP contribution in [0.2, 0.25) is 0 Å². The van der Waals surface area contributed by atoms with Crippen LogP contribution >= 0.6 is 11.8 Å². The summed E-state index contributed by atoms with van der Waals surface area (Å²) in [7, 11) is 1.73. The average Bonchev–Trinajstić information content (AvgIpc) is 2.48. The van der Waals surface area contributed by atoms with Gasteiger partial charge in [-0.05, 0) is 25.3 Å². The third-order valence-electron chi connectivity index (χ3n) is 2.36. The average molecular weight is 292 g/mol. The van der Waals surface area contributed by atoms with Crippen molar-refractivity contribution < 1.29 is 9.47 Å². The zero-order valence-corrected chi connectivity index (χ0v) is 12.4. The number of nitrogens with one attached hydrogen (secondary N) is 1. The summed E-state index contributed by atoms with van der Waals surface area (Å²) in [4.78, 5) is 13.4. The highest BCUT2D eigenvalue weighted by Gasteiger charge is 2.10. The van der Waals surface area contributed by atoms with Crippen molar-refractivity contribution in [2.45, 2.75) is 11.8 Å². The second-order valence-electron chi connectivity index (χ2n) is 3.66. The van der Waals surface area contributed by atoms with Gasteiger partial charge in [0.15, 0.2) is 0 Å². The third-order valence-corrected chi connectivity index (χ3v) is 3.14. The van der Waals surface area contributed by atoms with E-state index in [-0.39, 0.29) is 12.0 Å². The van der Waals surface area contributed by atoms with Gasteiger partial charge in [0, 0.05) is 11.9 Å². The van der Waals surface area contributed by atoms with Crippen molar-refractivity contribution in [1.82, 2.24) is 15.0 Å². The molecular weight excluding hydrogens is 276 g/mol. The van der Waals surface area contributed by atoms with E-state index >= 15 is 0 Å². The molecule has 0 bridgehead atoms. The van der Waals surface area contributed by atoms with Gasteiger partial charge in [0.1, 0.15) is 5.75 Å². The van der Waals surface area contributed by atoms with Gasteiger partial charge in [-0.15, -0.1) is 16.7 Å². The van der Waals surface area contributed by atoms with E-state index in [0.717, 1.165) is 4.90 Å². The number of para-hydroxylation sites is 1. The Bertz CT molecular complexity index is 580. The van der Waals surface area contributed by atoms with Crippen LogP contribution in [0.4, 0.5) is 5.95 Å². The van der Waals surface area contributed by atoms with E-state index < -0.39 is 0 Å². The van der Waals surface area contributed by atoms with Crippen molar-refractivity contribution in [1.29, 1.82) is 0 Å². The van der Waals surface area contributed by atoms with Gasteiger partial charge in [-0.1, -0.05) is 12.1 Å². The molecule has 0 radical (unpaired) electrons. The molecule has 1 aromatic heterocycles. The number of benzene rings is 1. The summed E-state index contributed by atoms with van der Waals surface area (Å²) in [5.74, 6) is 1.11. The van der Waals surface area contributed by atoms with Crippen LogP contribution in [-0.4, -0.2) is 34.9 Å². The predicted octanol–water partition coefficient (Wildman–Crippen LogP) is 2.83. The minimum Gasteiger partial charge on any atom is -0.464 e. The lowest BCUT2D eigenvalue weighted by atomic mass is 10.3. The molecule has 0 saturated heterocycles. The summed E-state index contributed by atoms with van der Waals surface area (Å²) in [6, 6.07) is 8.14. The number of ether oxygens (including phenoxy) is 2. The molecule has 6 nitrogen and oxygen atoms in total. The minimum atomic E-state index is 0.203. The molecule has 0 atom stereocenters. The highest BCUT2D eigenvalue weighted by atomic mass is 32.2. The fourth-order valence-corrected chi connectivity index (χ4v) is 2.02. The summed E-state index contributed by atoms with van der Waals surface area (Å²) in [5.41, 5.74) is 0. The van der Waals surface area contributed by atoms with Crippen molar-refractivity contribution in [3.8, 4) is 17.8 Å². The maximum atomic E-state index is 5.73. The number of rotatable bonds is 6. The molecule has 1 heterocycles. The lowest BCUT2D eigenvalue weighted by molar-refractivity contribution is 0.303.